The van der Waals surface area contributed by atoms with E-state index < -0.39 is 6.09 Å². The van der Waals surface area contributed by atoms with Crippen LogP contribution >= 0.6 is 11.6 Å². The number of carbonyl (C=O) groups excluding carboxylic acids is 1. The standard InChI is InChI=1S/C23H24ClN3O4/c1-22(2)19(27-18(28)13-5-8-15(9-6-13)26-21(29)30)23(3,4)20(22)31-16-10-7-14(12-25)17(24)11-16/h5-11,19-20,26H,1-4H3,(H,27,28)(H,29,30)/t19-,20-. The summed E-state index contributed by atoms with van der Waals surface area (Å²) in [4.78, 5) is 23.5. The van der Waals surface area contributed by atoms with Crippen LogP contribution in [0, 0.1) is 22.2 Å². The van der Waals surface area contributed by atoms with E-state index in [-0.39, 0.29) is 28.9 Å². The topological polar surface area (TPSA) is 111 Å². The molecule has 1 saturated carbocycles. The van der Waals surface area contributed by atoms with E-state index in [9.17, 15) is 9.59 Å². The molecule has 31 heavy (non-hydrogen) atoms. The van der Waals surface area contributed by atoms with Crippen LogP contribution in [-0.4, -0.2) is 29.3 Å². The Hall–Kier alpha value is -3.24. The Balaban J connectivity index is 1.72. The van der Waals surface area contributed by atoms with Crippen LogP contribution in [0.15, 0.2) is 42.5 Å². The Kier molecular flexibility index (Phi) is 5.88. The first-order chi connectivity index (χ1) is 14.5. The number of hydrogen-bond acceptors (Lipinski definition) is 4. The zero-order valence-corrected chi connectivity index (χ0v) is 18.4. The fourth-order valence-corrected chi connectivity index (χ4v) is 4.85. The smallest absolute Gasteiger partial charge is 0.409 e. The molecule has 2 aromatic rings. The van der Waals surface area contributed by atoms with Crippen molar-refractivity contribution in [3.8, 4) is 11.8 Å². The molecule has 2 amide bonds. The molecule has 1 aliphatic carbocycles. The fraction of sp³-hybridized carbons (Fsp3) is 0.348. The third-order valence-electron chi connectivity index (χ3n) is 5.83. The Morgan fingerprint density at radius 2 is 1.71 bits per heavy atom. The molecule has 0 atom stereocenters. The number of benzene rings is 2. The van der Waals surface area contributed by atoms with Gasteiger partial charge in [0, 0.05) is 34.2 Å². The fourth-order valence-electron chi connectivity index (χ4n) is 4.64. The van der Waals surface area contributed by atoms with Crippen molar-refractivity contribution in [2.45, 2.75) is 39.8 Å². The molecule has 1 aliphatic rings. The average Bonchev–Trinajstić information content (AvgIpc) is 2.70. The Bertz CT molecular complexity index is 1040. The van der Waals surface area contributed by atoms with Gasteiger partial charge in [0.2, 0.25) is 0 Å². The summed E-state index contributed by atoms with van der Waals surface area (Å²) in [6.45, 7) is 8.11. The van der Waals surface area contributed by atoms with Crippen molar-refractivity contribution >= 4 is 29.3 Å². The average molecular weight is 442 g/mol. The van der Waals surface area contributed by atoms with Gasteiger partial charge in [-0.3, -0.25) is 10.1 Å². The first-order valence-corrected chi connectivity index (χ1v) is 10.1. The first-order valence-electron chi connectivity index (χ1n) is 9.74. The Labute approximate surface area is 186 Å². The maximum absolute atomic E-state index is 12.8. The van der Waals surface area contributed by atoms with Gasteiger partial charge >= 0.3 is 6.09 Å². The van der Waals surface area contributed by atoms with Crippen molar-refractivity contribution in [2.75, 3.05) is 5.32 Å². The minimum Gasteiger partial charge on any atom is -0.489 e. The van der Waals surface area contributed by atoms with Crippen molar-refractivity contribution in [1.29, 1.82) is 5.26 Å². The normalized spacial score (nSPS) is 20.6. The van der Waals surface area contributed by atoms with Crippen molar-refractivity contribution < 1.29 is 19.4 Å². The van der Waals surface area contributed by atoms with Crippen molar-refractivity contribution in [2.24, 2.45) is 10.8 Å². The molecule has 1 fully saturated rings. The third kappa shape index (κ3) is 4.30. The summed E-state index contributed by atoms with van der Waals surface area (Å²) >= 11 is 6.12. The second kappa shape index (κ2) is 8.12. The van der Waals surface area contributed by atoms with E-state index in [0.717, 1.165) is 0 Å². The van der Waals surface area contributed by atoms with Crippen LogP contribution in [0.4, 0.5) is 10.5 Å². The number of halogens is 1. The largest absolute Gasteiger partial charge is 0.489 e. The summed E-state index contributed by atoms with van der Waals surface area (Å²) in [7, 11) is 0. The predicted octanol–water partition coefficient (Wildman–Crippen LogP) is 4.91. The van der Waals surface area contributed by atoms with Crippen molar-refractivity contribution in [3.63, 3.8) is 0 Å². The van der Waals surface area contributed by atoms with Crippen molar-refractivity contribution in [1.82, 2.24) is 5.32 Å². The van der Waals surface area contributed by atoms with Gasteiger partial charge in [0.25, 0.3) is 5.91 Å². The number of nitrogens with zero attached hydrogens (tertiary/aromatic N) is 1. The lowest BCUT2D eigenvalue weighted by Crippen LogP contribution is -2.74. The molecule has 2 aromatic carbocycles. The highest BCUT2D eigenvalue weighted by molar-refractivity contribution is 6.31. The summed E-state index contributed by atoms with van der Waals surface area (Å²) in [5.41, 5.74) is 0.471. The van der Waals surface area contributed by atoms with Crippen LogP contribution in [0.3, 0.4) is 0 Å². The van der Waals surface area contributed by atoms with Gasteiger partial charge in [0.1, 0.15) is 17.9 Å². The minimum absolute atomic E-state index is 0.164. The van der Waals surface area contributed by atoms with Crippen LogP contribution in [0.2, 0.25) is 5.02 Å². The minimum atomic E-state index is -1.16. The van der Waals surface area contributed by atoms with E-state index in [1.165, 1.54) is 0 Å². The van der Waals surface area contributed by atoms with Gasteiger partial charge in [-0.05, 0) is 36.4 Å². The molecule has 0 heterocycles. The van der Waals surface area contributed by atoms with Crippen LogP contribution in [0.25, 0.3) is 0 Å². The predicted molar refractivity (Wildman–Crippen MR) is 117 cm³/mol. The van der Waals surface area contributed by atoms with E-state index >= 15 is 0 Å². The number of hydrogen-bond donors (Lipinski definition) is 3. The molecule has 7 nitrogen and oxygen atoms in total. The molecule has 0 bridgehead atoms. The molecule has 0 unspecified atom stereocenters. The molecule has 0 radical (unpaired) electrons. The first kappa shape index (κ1) is 22.4. The lowest BCUT2D eigenvalue weighted by molar-refractivity contribution is -0.164. The highest BCUT2D eigenvalue weighted by Gasteiger charge is 2.64. The van der Waals surface area contributed by atoms with E-state index in [1.807, 2.05) is 33.8 Å². The second-order valence-corrected chi connectivity index (χ2v) is 9.22. The van der Waals surface area contributed by atoms with Crippen LogP contribution < -0.4 is 15.4 Å². The zero-order chi connectivity index (χ0) is 23.0. The monoisotopic (exact) mass is 441 g/mol. The SMILES string of the molecule is CC1(C)[C@H](NC(=O)c2ccc(NC(=O)O)cc2)C(C)(C)[C@H]1Oc1ccc(C#N)c(Cl)c1. The Morgan fingerprint density at radius 1 is 1.10 bits per heavy atom. The molecule has 8 heteroatoms. The lowest BCUT2D eigenvalue weighted by Gasteiger charge is -2.63. The highest BCUT2D eigenvalue weighted by atomic mass is 35.5. The van der Waals surface area contributed by atoms with E-state index in [1.54, 1.807) is 42.5 Å². The second-order valence-electron chi connectivity index (χ2n) is 8.81. The molecule has 3 N–H and O–H groups in total. The summed E-state index contributed by atoms with van der Waals surface area (Å²) in [6.07, 6.45) is -1.36. The number of nitriles is 1. The zero-order valence-electron chi connectivity index (χ0n) is 17.7. The quantitative estimate of drug-likeness (QED) is 0.610. The molecule has 162 valence electrons. The van der Waals surface area contributed by atoms with Gasteiger partial charge in [-0.2, -0.15) is 5.26 Å². The van der Waals surface area contributed by atoms with E-state index in [0.29, 0.717) is 27.6 Å². The van der Waals surface area contributed by atoms with Gasteiger partial charge in [-0.1, -0.05) is 39.3 Å². The van der Waals surface area contributed by atoms with Crippen LogP contribution in [0.5, 0.6) is 5.75 Å². The van der Waals surface area contributed by atoms with Gasteiger partial charge < -0.3 is 15.2 Å². The van der Waals surface area contributed by atoms with Crippen molar-refractivity contribution in [3.05, 3.63) is 58.6 Å². The maximum atomic E-state index is 12.8. The number of carboxylic acid groups (broad SMARTS) is 1. The molecular formula is C23H24ClN3O4. The molecule has 0 saturated heterocycles. The Morgan fingerprint density at radius 3 is 2.23 bits per heavy atom. The molecule has 3 rings (SSSR count). The summed E-state index contributed by atoms with van der Waals surface area (Å²) < 4.78 is 6.22. The van der Waals surface area contributed by atoms with Gasteiger partial charge in [-0.15, -0.1) is 0 Å². The van der Waals surface area contributed by atoms with E-state index in [4.69, 9.17) is 26.7 Å². The molecule has 0 spiro atoms. The van der Waals surface area contributed by atoms with Crippen LogP contribution in [-0.2, 0) is 0 Å². The highest BCUT2D eigenvalue weighted by Crippen LogP contribution is 2.55. The number of carbonyl (C=O) groups is 2. The number of rotatable bonds is 5. The van der Waals surface area contributed by atoms with Gasteiger partial charge in [0.15, 0.2) is 0 Å². The lowest BCUT2D eigenvalue weighted by atomic mass is 9.49. The van der Waals surface area contributed by atoms with Crippen LogP contribution in [0.1, 0.15) is 43.6 Å². The summed E-state index contributed by atoms with van der Waals surface area (Å²) in [5.74, 6) is 0.328. The molecule has 0 aliphatic heterocycles. The summed E-state index contributed by atoms with van der Waals surface area (Å²) in [6, 6.07) is 13.1. The van der Waals surface area contributed by atoms with E-state index in [2.05, 4.69) is 10.6 Å². The number of amides is 2. The number of nitrogens with one attached hydrogen (secondary N) is 2. The molecule has 0 aromatic heterocycles. The number of anilines is 1. The van der Waals surface area contributed by atoms with Gasteiger partial charge in [0.05, 0.1) is 10.6 Å². The third-order valence-corrected chi connectivity index (χ3v) is 6.14. The van der Waals surface area contributed by atoms with Gasteiger partial charge in [-0.25, -0.2) is 4.79 Å². The molecular weight excluding hydrogens is 418 g/mol. The summed E-state index contributed by atoms with van der Waals surface area (Å²) in [5, 5.41) is 23.5. The maximum Gasteiger partial charge on any atom is 0.409 e. The number of ether oxygens (including phenoxy) is 1.